The maximum atomic E-state index is 12.5. The van der Waals surface area contributed by atoms with Crippen LogP contribution in [0.1, 0.15) is 56.2 Å². The van der Waals surface area contributed by atoms with Gasteiger partial charge in [-0.2, -0.15) is 0 Å². The SMILES string of the molecule is CCn1c(CSc2nnc(C3CC3)n2C2CC2)nc2cc(S(=O)(=O)N(C)C)ccc21. The minimum absolute atomic E-state index is 0.266. The Morgan fingerprint density at radius 3 is 2.57 bits per heavy atom. The van der Waals surface area contributed by atoms with Gasteiger partial charge in [-0.05, 0) is 50.8 Å². The molecule has 0 amide bonds. The number of sulfonamides is 1. The summed E-state index contributed by atoms with van der Waals surface area (Å²) in [6.07, 6.45) is 4.86. The van der Waals surface area contributed by atoms with Crippen LogP contribution in [-0.2, 0) is 22.3 Å². The van der Waals surface area contributed by atoms with Gasteiger partial charge in [-0.1, -0.05) is 11.8 Å². The number of imidazole rings is 1. The summed E-state index contributed by atoms with van der Waals surface area (Å²) in [6.45, 7) is 2.85. The minimum atomic E-state index is -3.48. The first-order valence-electron chi connectivity index (χ1n) is 10.4. The van der Waals surface area contributed by atoms with Crippen molar-refractivity contribution in [2.75, 3.05) is 14.1 Å². The van der Waals surface area contributed by atoms with E-state index >= 15 is 0 Å². The summed E-state index contributed by atoms with van der Waals surface area (Å²) in [4.78, 5) is 5.04. The fraction of sp³-hybridized carbons (Fsp3) is 0.550. The molecule has 0 N–H and O–H groups in total. The van der Waals surface area contributed by atoms with Crippen molar-refractivity contribution in [2.45, 2.75) is 66.9 Å². The molecular weight excluding hydrogens is 420 g/mol. The van der Waals surface area contributed by atoms with Crippen LogP contribution >= 0.6 is 11.8 Å². The third kappa shape index (κ3) is 3.44. The van der Waals surface area contributed by atoms with E-state index in [2.05, 4.69) is 26.3 Å². The summed E-state index contributed by atoms with van der Waals surface area (Å²) in [7, 11) is -0.405. The molecule has 2 aromatic heterocycles. The average Bonchev–Trinajstić information content (AvgIpc) is 3.66. The predicted molar refractivity (Wildman–Crippen MR) is 116 cm³/mol. The number of aryl methyl sites for hydroxylation is 1. The van der Waals surface area contributed by atoms with Crippen LogP contribution in [0, 0.1) is 0 Å². The molecule has 1 aromatic carbocycles. The molecule has 0 saturated heterocycles. The van der Waals surface area contributed by atoms with Gasteiger partial charge in [-0.15, -0.1) is 10.2 Å². The van der Waals surface area contributed by atoms with E-state index in [9.17, 15) is 8.42 Å². The molecule has 30 heavy (non-hydrogen) atoms. The van der Waals surface area contributed by atoms with E-state index in [4.69, 9.17) is 4.98 Å². The number of benzene rings is 1. The minimum Gasteiger partial charge on any atom is -0.328 e. The van der Waals surface area contributed by atoms with Crippen LogP contribution in [0.4, 0.5) is 0 Å². The Kier molecular flexibility index (Phi) is 4.90. The van der Waals surface area contributed by atoms with Gasteiger partial charge in [0.05, 0.1) is 21.7 Å². The normalized spacial score (nSPS) is 17.3. The molecule has 5 rings (SSSR count). The largest absolute Gasteiger partial charge is 0.328 e. The highest BCUT2D eigenvalue weighted by atomic mass is 32.2. The van der Waals surface area contributed by atoms with Crippen molar-refractivity contribution in [3.63, 3.8) is 0 Å². The highest BCUT2D eigenvalue weighted by Crippen LogP contribution is 2.46. The molecule has 0 unspecified atom stereocenters. The molecule has 0 atom stereocenters. The van der Waals surface area contributed by atoms with E-state index in [1.165, 1.54) is 44.1 Å². The lowest BCUT2D eigenvalue weighted by atomic mass is 10.3. The number of thioether (sulfide) groups is 1. The molecule has 0 radical (unpaired) electrons. The molecule has 0 aliphatic heterocycles. The molecule has 3 aromatic rings. The van der Waals surface area contributed by atoms with Gasteiger partial charge in [0.2, 0.25) is 10.0 Å². The molecule has 8 nitrogen and oxygen atoms in total. The molecule has 2 fully saturated rings. The van der Waals surface area contributed by atoms with E-state index in [0.29, 0.717) is 23.2 Å². The van der Waals surface area contributed by atoms with Crippen LogP contribution in [0.2, 0.25) is 0 Å². The Labute approximate surface area is 180 Å². The highest BCUT2D eigenvalue weighted by molar-refractivity contribution is 7.98. The number of hydrogen-bond donors (Lipinski definition) is 0. The summed E-state index contributed by atoms with van der Waals surface area (Å²) in [5.41, 5.74) is 1.66. The Morgan fingerprint density at radius 2 is 1.93 bits per heavy atom. The number of fused-ring (bicyclic) bond motifs is 1. The van der Waals surface area contributed by atoms with Crippen molar-refractivity contribution in [2.24, 2.45) is 0 Å². The summed E-state index contributed by atoms with van der Waals surface area (Å²) in [5.74, 6) is 3.34. The van der Waals surface area contributed by atoms with Gasteiger partial charge in [0.15, 0.2) is 5.16 Å². The first-order valence-corrected chi connectivity index (χ1v) is 12.8. The monoisotopic (exact) mass is 446 g/mol. The molecule has 2 aliphatic carbocycles. The topological polar surface area (TPSA) is 85.9 Å². The Bertz CT molecular complexity index is 1210. The van der Waals surface area contributed by atoms with E-state index < -0.39 is 10.0 Å². The number of rotatable bonds is 8. The van der Waals surface area contributed by atoms with Crippen molar-refractivity contribution in [3.8, 4) is 0 Å². The quantitative estimate of drug-likeness (QED) is 0.493. The van der Waals surface area contributed by atoms with Gasteiger partial charge in [0.1, 0.15) is 11.6 Å². The summed E-state index contributed by atoms with van der Waals surface area (Å²) in [6, 6.07) is 5.74. The van der Waals surface area contributed by atoms with Gasteiger partial charge in [0, 0.05) is 32.6 Å². The molecule has 160 valence electrons. The summed E-state index contributed by atoms with van der Waals surface area (Å²) >= 11 is 1.67. The maximum Gasteiger partial charge on any atom is 0.242 e. The van der Waals surface area contributed by atoms with E-state index in [1.54, 1.807) is 23.9 Å². The Hall–Kier alpha value is -1.91. The molecular formula is C20H26N6O2S2. The summed E-state index contributed by atoms with van der Waals surface area (Å²) in [5, 5.41) is 9.95. The molecule has 2 saturated carbocycles. The second-order valence-electron chi connectivity index (χ2n) is 8.22. The fourth-order valence-electron chi connectivity index (χ4n) is 3.81. The van der Waals surface area contributed by atoms with Crippen molar-refractivity contribution >= 4 is 32.8 Å². The van der Waals surface area contributed by atoms with Crippen LogP contribution in [0.3, 0.4) is 0 Å². The first kappa shape index (κ1) is 20.0. The van der Waals surface area contributed by atoms with Crippen molar-refractivity contribution in [1.29, 1.82) is 0 Å². The molecule has 0 bridgehead atoms. The van der Waals surface area contributed by atoms with Crippen molar-refractivity contribution in [3.05, 3.63) is 29.8 Å². The lowest BCUT2D eigenvalue weighted by Crippen LogP contribution is -2.22. The first-order chi connectivity index (χ1) is 14.4. The zero-order chi connectivity index (χ0) is 21.0. The second-order valence-corrected chi connectivity index (χ2v) is 11.3. The van der Waals surface area contributed by atoms with Gasteiger partial charge in [0.25, 0.3) is 0 Å². The average molecular weight is 447 g/mol. The van der Waals surface area contributed by atoms with Gasteiger partial charge in [-0.25, -0.2) is 17.7 Å². The second kappa shape index (κ2) is 7.35. The Balaban J connectivity index is 1.45. The number of nitrogens with zero attached hydrogens (tertiary/aromatic N) is 6. The summed E-state index contributed by atoms with van der Waals surface area (Å²) < 4.78 is 30.7. The van der Waals surface area contributed by atoms with Gasteiger partial charge < -0.3 is 9.13 Å². The van der Waals surface area contributed by atoms with E-state index in [-0.39, 0.29) is 4.90 Å². The van der Waals surface area contributed by atoms with Crippen LogP contribution in [0.15, 0.2) is 28.3 Å². The Morgan fingerprint density at radius 1 is 1.17 bits per heavy atom. The van der Waals surface area contributed by atoms with Crippen LogP contribution in [-0.4, -0.2) is 51.1 Å². The number of aromatic nitrogens is 5. The molecule has 2 aliphatic rings. The van der Waals surface area contributed by atoms with Crippen LogP contribution in [0.25, 0.3) is 11.0 Å². The van der Waals surface area contributed by atoms with E-state index in [1.807, 2.05) is 6.07 Å². The van der Waals surface area contributed by atoms with Crippen LogP contribution in [0.5, 0.6) is 0 Å². The van der Waals surface area contributed by atoms with Gasteiger partial charge in [-0.3, -0.25) is 0 Å². The molecule has 0 spiro atoms. The third-order valence-corrected chi connectivity index (χ3v) is 8.52. The van der Waals surface area contributed by atoms with Gasteiger partial charge >= 0.3 is 0 Å². The zero-order valence-corrected chi connectivity index (χ0v) is 19.1. The molecule has 10 heteroatoms. The standard InChI is InChI=1S/C20H26N6O2S2/c1-4-25-17-10-9-15(30(27,28)24(2)3)11-16(17)21-18(25)12-29-20-23-22-19(13-5-6-13)26(20)14-7-8-14/h9-11,13-14H,4-8,12H2,1-3H3. The fourth-order valence-corrected chi connectivity index (χ4v) is 5.69. The van der Waals surface area contributed by atoms with Crippen LogP contribution < -0.4 is 0 Å². The lowest BCUT2D eigenvalue weighted by Gasteiger charge is -2.11. The maximum absolute atomic E-state index is 12.5. The number of hydrogen-bond acceptors (Lipinski definition) is 6. The highest BCUT2D eigenvalue weighted by Gasteiger charge is 2.36. The van der Waals surface area contributed by atoms with E-state index in [0.717, 1.165) is 28.9 Å². The lowest BCUT2D eigenvalue weighted by molar-refractivity contribution is 0.521. The third-order valence-electron chi connectivity index (χ3n) is 5.77. The predicted octanol–water partition coefficient (Wildman–Crippen LogP) is 3.40. The molecule has 2 heterocycles. The van der Waals surface area contributed by atoms with Crippen molar-refractivity contribution in [1.82, 2.24) is 28.6 Å². The zero-order valence-electron chi connectivity index (χ0n) is 17.4. The van der Waals surface area contributed by atoms with Crippen molar-refractivity contribution < 1.29 is 8.42 Å². The smallest absolute Gasteiger partial charge is 0.242 e.